The van der Waals surface area contributed by atoms with E-state index in [2.05, 4.69) is 10.0 Å². The highest BCUT2D eigenvalue weighted by Crippen LogP contribution is 2.20. The Morgan fingerprint density at radius 3 is 2.23 bits per heavy atom. The Labute approximate surface area is 181 Å². The summed E-state index contributed by atoms with van der Waals surface area (Å²) in [6.45, 7) is 1.79. The molecule has 0 bridgehead atoms. The zero-order valence-corrected chi connectivity index (χ0v) is 18.2. The van der Waals surface area contributed by atoms with Crippen molar-refractivity contribution in [2.45, 2.75) is 17.6 Å². The van der Waals surface area contributed by atoms with Gasteiger partial charge in [-0.1, -0.05) is 30.3 Å². The number of nitrogens with one attached hydrogen (secondary N) is 2. The first-order chi connectivity index (χ1) is 14.5. The minimum Gasteiger partial charge on any atom is -0.322 e. The van der Waals surface area contributed by atoms with Gasteiger partial charge < -0.3 is 5.32 Å². The molecule has 0 aliphatic rings. The summed E-state index contributed by atoms with van der Waals surface area (Å²) in [5, 5.41) is 7.70. The van der Waals surface area contributed by atoms with Crippen LogP contribution in [0.15, 0.2) is 77.7 Å². The van der Waals surface area contributed by atoms with Crippen LogP contribution in [0.4, 0.5) is 11.4 Å². The van der Waals surface area contributed by atoms with Gasteiger partial charge in [-0.3, -0.25) is 9.52 Å². The van der Waals surface area contributed by atoms with E-state index in [4.69, 9.17) is 5.14 Å². The van der Waals surface area contributed by atoms with Crippen LogP contribution in [0.2, 0.25) is 0 Å². The van der Waals surface area contributed by atoms with Crippen molar-refractivity contribution in [3.63, 3.8) is 0 Å². The van der Waals surface area contributed by atoms with Gasteiger partial charge in [-0.2, -0.15) is 0 Å². The highest BCUT2D eigenvalue weighted by molar-refractivity contribution is 7.92. The first-order valence-corrected chi connectivity index (χ1v) is 12.3. The molecule has 0 radical (unpaired) electrons. The normalized spacial score (nSPS) is 11.7. The molecule has 4 N–H and O–H groups in total. The minimum atomic E-state index is -3.81. The molecule has 0 heterocycles. The number of carbonyl (C=O) groups is 1. The first-order valence-electron chi connectivity index (χ1n) is 9.13. The summed E-state index contributed by atoms with van der Waals surface area (Å²) in [4.78, 5) is 12.5. The fraction of sp³-hybridized carbons (Fsp3) is 0.0952. The highest BCUT2D eigenvalue weighted by Gasteiger charge is 2.16. The number of rotatable bonds is 7. The zero-order valence-electron chi connectivity index (χ0n) is 16.6. The van der Waals surface area contributed by atoms with E-state index in [1.165, 1.54) is 30.3 Å². The third-order valence-electron chi connectivity index (χ3n) is 4.37. The quantitative estimate of drug-likeness (QED) is 0.499. The summed E-state index contributed by atoms with van der Waals surface area (Å²) >= 11 is 0. The average molecular weight is 460 g/mol. The van der Waals surface area contributed by atoms with Crippen molar-refractivity contribution in [1.82, 2.24) is 0 Å². The van der Waals surface area contributed by atoms with E-state index in [9.17, 15) is 21.6 Å². The molecule has 3 aromatic rings. The van der Waals surface area contributed by atoms with Crippen molar-refractivity contribution in [3.8, 4) is 0 Å². The van der Waals surface area contributed by atoms with Crippen molar-refractivity contribution >= 4 is 37.3 Å². The van der Waals surface area contributed by atoms with Crippen LogP contribution in [0.25, 0.3) is 0 Å². The predicted octanol–water partition coefficient (Wildman–Crippen LogP) is 2.84. The van der Waals surface area contributed by atoms with Gasteiger partial charge in [0.2, 0.25) is 10.0 Å². The SMILES string of the molecule is Cc1ccccc1NS(=O)(=O)c1ccc(C(=O)Nc2cccc(CS(N)(=O)=O)c2)cc1. The Morgan fingerprint density at radius 2 is 1.58 bits per heavy atom. The Bertz CT molecular complexity index is 1320. The summed E-state index contributed by atoms with van der Waals surface area (Å²) in [6, 6.07) is 18.8. The van der Waals surface area contributed by atoms with Gasteiger partial charge in [0.1, 0.15) is 0 Å². The molecule has 162 valence electrons. The molecule has 0 fully saturated rings. The number of benzene rings is 3. The highest BCUT2D eigenvalue weighted by atomic mass is 32.2. The average Bonchev–Trinajstić information content (AvgIpc) is 2.69. The standard InChI is InChI=1S/C21H21N3O5S2/c1-15-5-2-3-8-20(15)24-31(28,29)19-11-9-17(10-12-19)21(25)23-18-7-4-6-16(13-18)14-30(22,26)27/h2-13,24H,14H2,1H3,(H,23,25)(H2,22,26,27). The molecule has 0 aliphatic heterocycles. The van der Waals surface area contributed by atoms with Crippen LogP contribution in [0.1, 0.15) is 21.5 Å². The molecular formula is C21H21N3O5S2. The lowest BCUT2D eigenvalue weighted by Gasteiger charge is -2.11. The van der Waals surface area contributed by atoms with Crippen LogP contribution in [-0.2, 0) is 25.8 Å². The van der Waals surface area contributed by atoms with E-state index >= 15 is 0 Å². The molecule has 0 saturated carbocycles. The number of sulfonamides is 2. The van der Waals surface area contributed by atoms with Crippen LogP contribution in [-0.4, -0.2) is 22.7 Å². The first kappa shape index (κ1) is 22.5. The van der Waals surface area contributed by atoms with Crippen molar-refractivity contribution < 1.29 is 21.6 Å². The summed E-state index contributed by atoms with van der Waals surface area (Å²) in [5.41, 5.74) is 2.33. The summed E-state index contributed by atoms with van der Waals surface area (Å²) in [7, 11) is -7.50. The van der Waals surface area contributed by atoms with Crippen molar-refractivity contribution in [2.75, 3.05) is 10.0 Å². The lowest BCUT2D eigenvalue weighted by Crippen LogP contribution is -2.16. The van der Waals surface area contributed by atoms with Gasteiger partial charge in [0.05, 0.1) is 16.3 Å². The third kappa shape index (κ3) is 6.14. The smallest absolute Gasteiger partial charge is 0.261 e. The Kier molecular flexibility index (Phi) is 6.44. The van der Waals surface area contributed by atoms with E-state index < -0.39 is 26.0 Å². The molecule has 0 unspecified atom stereocenters. The monoisotopic (exact) mass is 459 g/mol. The van der Waals surface area contributed by atoms with Gasteiger partial charge in [-0.05, 0) is 60.5 Å². The number of amides is 1. The molecule has 1 amide bonds. The third-order valence-corrected chi connectivity index (χ3v) is 6.49. The minimum absolute atomic E-state index is 0.0162. The van der Waals surface area contributed by atoms with Crippen LogP contribution in [0.3, 0.4) is 0 Å². The van der Waals surface area contributed by atoms with Gasteiger partial charge >= 0.3 is 0 Å². The molecule has 31 heavy (non-hydrogen) atoms. The predicted molar refractivity (Wildman–Crippen MR) is 120 cm³/mol. The second kappa shape index (κ2) is 8.88. The number of para-hydroxylation sites is 1. The molecule has 0 aromatic heterocycles. The molecule has 0 atom stereocenters. The van der Waals surface area contributed by atoms with Gasteiger partial charge in [0.25, 0.3) is 15.9 Å². The van der Waals surface area contributed by atoms with Crippen LogP contribution >= 0.6 is 0 Å². The van der Waals surface area contributed by atoms with Crippen LogP contribution in [0, 0.1) is 6.92 Å². The molecule has 0 spiro atoms. The lowest BCUT2D eigenvalue weighted by atomic mass is 10.2. The number of hydrogen-bond acceptors (Lipinski definition) is 5. The summed E-state index contributed by atoms with van der Waals surface area (Å²) in [5.74, 6) is -0.819. The lowest BCUT2D eigenvalue weighted by molar-refractivity contribution is 0.102. The van der Waals surface area contributed by atoms with Crippen LogP contribution < -0.4 is 15.2 Å². The Hall–Kier alpha value is -3.21. The van der Waals surface area contributed by atoms with E-state index in [1.54, 1.807) is 43.3 Å². The van der Waals surface area contributed by atoms with Gasteiger partial charge in [-0.25, -0.2) is 22.0 Å². The topological polar surface area (TPSA) is 135 Å². The van der Waals surface area contributed by atoms with E-state index in [0.29, 0.717) is 16.9 Å². The fourth-order valence-electron chi connectivity index (χ4n) is 2.85. The van der Waals surface area contributed by atoms with Gasteiger partial charge in [0.15, 0.2) is 0 Å². The molecular weight excluding hydrogens is 438 g/mol. The van der Waals surface area contributed by atoms with Gasteiger partial charge in [-0.15, -0.1) is 0 Å². The van der Waals surface area contributed by atoms with E-state index in [0.717, 1.165) is 5.56 Å². The molecule has 8 nitrogen and oxygen atoms in total. The maximum atomic E-state index is 12.6. The maximum Gasteiger partial charge on any atom is 0.261 e. The van der Waals surface area contributed by atoms with Gasteiger partial charge in [0, 0.05) is 11.3 Å². The fourth-order valence-corrected chi connectivity index (χ4v) is 4.63. The molecule has 0 saturated heterocycles. The van der Waals surface area contributed by atoms with E-state index in [-0.39, 0.29) is 16.2 Å². The Balaban J connectivity index is 1.73. The van der Waals surface area contributed by atoms with Crippen molar-refractivity contribution in [2.24, 2.45) is 5.14 Å². The second-order valence-electron chi connectivity index (χ2n) is 6.91. The summed E-state index contributed by atoms with van der Waals surface area (Å²) in [6.07, 6.45) is 0. The number of nitrogens with two attached hydrogens (primary N) is 1. The van der Waals surface area contributed by atoms with Crippen molar-refractivity contribution in [1.29, 1.82) is 0 Å². The molecule has 10 heteroatoms. The number of hydrogen-bond donors (Lipinski definition) is 3. The number of carbonyl (C=O) groups excluding carboxylic acids is 1. The largest absolute Gasteiger partial charge is 0.322 e. The Morgan fingerprint density at radius 1 is 0.903 bits per heavy atom. The maximum absolute atomic E-state index is 12.6. The number of primary sulfonamides is 1. The zero-order chi connectivity index (χ0) is 22.6. The van der Waals surface area contributed by atoms with Crippen LogP contribution in [0.5, 0.6) is 0 Å². The number of anilines is 2. The molecule has 0 aliphatic carbocycles. The number of aryl methyl sites for hydroxylation is 1. The molecule has 3 aromatic carbocycles. The van der Waals surface area contributed by atoms with E-state index in [1.807, 2.05) is 6.07 Å². The second-order valence-corrected chi connectivity index (χ2v) is 10.2. The van der Waals surface area contributed by atoms with Crippen molar-refractivity contribution in [3.05, 3.63) is 89.5 Å². The molecule has 3 rings (SSSR count). The summed E-state index contributed by atoms with van der Waals surface area (Å²) < 4.78 is 50.2.